The first kappa shape index (κ1) is 33.7. The second-order valence-corrected chi connectivity index (χ2v) is 19.3. The lowest BCUT2D eigenvalue weighted by molar-refractivity contribution is 0.875. The van der Waals surface area contributed by atoms with Crippen molar-refractivity contribution in [2.45, 2.75) is 59.1 Å². The van der Waals surface area contributed by atoms with Gasteiger partial charge in [0.05, 0.1) is 34.1 Å². The fourth-order valence-corrected chi connectivity index (χ4v) is 12.8. The smallest absolute Gasteiger partial charge is 0.0616 e. The van der Waals surface area contributed by atoms with Crippen molar-refractivity contribution in [2.24, 2.45) is 0 Å². The molecule has 0 saturated heterocycles. The van der Waals surface area contributed by atoms with Crippen molar-refractivity contribution in [3.63, 3.8) is 0 Å². The van der Waals surface area contributed by atoms with Crippen molar-refractivity contribution in [2.75, 3.05) is 9.80 Å². The molecule has 12 rings (SSSR count). The number of fused-ring (bicyclic) bond motifs is 7. The first-order valence-corrected chi connectivity index (χ1v) is 22.3. The standard InChI is InChI=1S/C52H38N2S3/c1-29(2)36-25-42(53-39-14-6-10-18-46(39)56-47-19-11-7-15-40(47)53)34-23-21-33-37(30(3)4)26-43(35-24-22-32(36)51(34)52(33)35)54-41-16-8-12-20-48(41)57-50-27-38-31-13-5-9-17-45(31)55-49(38)28-44(50)54/h5-30H,1-4H3. The Morgan fingerprint density at radius 1 is 0.351 bits per heavy atom. The van der Waals surface area contributed by atoms with Gasteiger partial charge in [0.2, 0.25) is 0 Å². The summed E-state index contributed by atoms with van der Waals surface area (Å²) in [5.41, 5.74) is 10.2. The minimum atomic E-state index is 0.328. The third kappa shape index (κ3) is 4.86. The van der Waals surface area contributed by atoms with Crippen LogP contribution in [0, 0.1) is 0 Å². The van der Waals surface area contributed by atoms with Crippen LogP contribution < -0.4 is 9.80 Å². The Morgan fingerprint density at radius 3 is 1.35 bits per heavy atom. The zero-order valence-corrected chi connectivity index (χ0v) is 34.6. The van der Waals surface area contributed by atoms with Gasteiger partial charge < -0.3 is 9.80 Å². The highest BCUT2D eigenvalue weighted by Gasteiger charge is 2.31. The van der Waals surface area contributed by atoms with Crippen molar-refractivity contribution in [3.8, 4) is 0 Å². The molecule has 1 aromatic heterocycles. The normalized spacial score (nSPS) is 13.7. The van der Waals surface area contributed by atoms with Crippen LogP contribution in [-0.4, -0.2) is 0 Å². The molecule has 2 aliphatic rings. The van der Waals surface area contributed by atoms with Gasteiger partial charge in [0.25, 0.3) is 0 Å². The average Bonchev–Trinajstić information content (AvgIpc) is 3.60. The number of nitrogens with zero attached hydrogens (tertiary/aromatic N) is 2. The van der Waals surface area contributed by atoms with Crippen LogP contribution in [0.25, 0.3) is 52.5 Å². The Labute approximate surface area is 345 Å². The molecule has 0 spiro atoms. The maximum atomic E-state index is 2.58. The van der Waals surface area contributed by atoms with Gasteiger partial charge in [-0.25, -0.2) is 0 Å². The molecule has 0 radical (unpaired) electrons. The Kier molecular flexibility index (Phi) is 7.39. The van der Waals surface area contributed by atoms with E-state index < -0.39 is 0 Å². The van der Waals surface area contributed by atoms with Gasteiger partial charge in [-0.2, -0.15) is 0 Å². The zero-order chi connectivity index (χ0) is 38.1. The van der Waals surface area contributed by atoms with E-state index in [1.807, 2.05) is 34.9 Å². The largest absolute Gasteiger partial charge is 0.308 e. The van der Waals surface area contributed by atoms with Crippen molar-refractivity contribution >= 4 is 121 Å². The minimum Gasteiger partial charge on any atom is -0.308 e. The van der Waals surface area contributed by atoms with Gasteiger partial charge in [-0.1, -0.05) is 130 Å². The van der Waals surface area contributed by atoms with E-state index in [2.05, 4.69) is 183 Å². The molecule has 0 atom stereocenters. The van der Waals surface area contributed by atoms with E-state index in [0.717, 1.165) is 0 Å². The highest BCUT2D eigenvalue weighted by Crippen LogP contribution is 2.58. The van der Waals surface area contributed by atoms with E-state index in [0.29, 0.717) is 11.8 Å². The molecule has 10 aromatic rings. The molecule has 0 unspecified atom stereocenters. The molecule has 3 heterocycles. The predicted octanol–water partition coefficient (Wildman–Crippen LogP) is 17.1. The van der Waals surface area contributed by atoms with Crippen LogP contribution in [-0.2, 0) is 0 Å². The topological polar surface area (TPSA) is 6.48 Å². The Balaban J connectivity index is 1.20. The average molecular weight is 787 g/mol. The van der Waals surface area contributed by atoms with Crippen LogP contribution in [0.1, 0.15) is 50.7 Å². The second-order valence-electron chi connectivity index (χ2n) is 16.0. The van der Waals surface area contributed by atoms with E-state index in [1.165, 1.54) is 117 Å². The molecule has 2 nitrogen and oxygen atoms in total. The first-order chi connectivity index (χ1) is 27.9. The van der Waals surface area contributed by atoms with E-state index in [9.17, 15) is 0 Å². The zero-order valence-electron chi connectivity index (χ0n) is 32.1. The highest BCUT2D eigenvalue weighted by atomic mass is 32.2. The molecular weight excluding hydrogens is 749 g/mol. The maximum absolute atomic E-state index is 2.58. The van der Waals surface area contributed by atoms with E-state index >= 15 is 0 Å². The molecule has 0 amide bonds. The third-order valence-electron chi connectivity index (χ3n) is 12.1. The minimum absolute atomic E-state index is 0.328. The molecule has 274 valence electrons. The number of benzene rings is 9. The lowest BCUT2D eigenvalue weighted by atomic mass is 9.84. The summed E-state index contributed by atoms with van der Waals surface area (Å²) >= 11 is 5.67. The molecule has 5 heteroatoms. The van der Waals surface area contributed by atoms with Crippen LogP contribution in [0.4, 0.5) is 34.1 Å². The molecule has 0 bridgehead atoms. The van der Waals surface area contributed by atoms with Crippen LogP contribution in [0.5, 0.6) is 0 Å². The third-order valence-corrected chi connectivity index (χ3v) is 15.5. The van der Waals surface area contributed by atoms with Crippen molar-refractivity contribution in [3.05, 3.63) is 157 Å². The van der Waals surface area contributed by atoms with Gasteiger partial charge >= 0.3 is 0 Å². The molecule has 0 aliphatic carbocycles. The van der Waals surface area contributed by atoms with Crippen LogP contribution >= 0.6 is 34.9 Å². The summed E-state index contributed by atoms with van der Waals surface area (Å²) in [6.45, 7) is 9.41. The highest BCUT2D eigenvalue weighted by molar-refractivity contribution is 8.00. The summed E-state index contributed by atoms with van der Waals surface area (Å²) in [5, 5.41) is 10.7. The number of hydrogen-bond donors (Lipinski definition) is 0. The summed E-state index contributed by atoms with van der Waals surface area (Å²) in [4.78, 5) is 10.3. The SMILES string of the molecule is CC(C)c1cc(N2c3ccccc3Sc3ccccc32)c2ccc3c(C(C)C)cc(N4c5ccccc5Sc5cc6c(cc54)sc4ccccc46)c4ccc1c2c34. The molecule has 57 heavy (non-hydrogen) atoms. The van der Waals surface area contributed by atoms with Gasteiger partial charge in [-0.15, -0.1) is 11.3 Å². The quantitative estimate of drug-likeness (QED) is 0.164. The molecule has 2 aliphatic heterocycles. The van der Waals surface area contributed by atoms with Gasteiger partial charge in [-0.05, 0) is 111 Å². The molecule has 9 aromatic carbocycles. The van der Waals surface area contributed by atoms with Gasteiger partial charge in [0, 0.05) is 50.5 Å². The maximum Gasteiger partial charge on any atom is 0.0616 e. The second kappa shape index (κ2) is 12.5. The molecular formula is C52H38N2S3. The van der Waals surface area contributed by atoms with E-state index in [1.54, 1.807) is 0 Å². The van der Waals surface area contributed by atoms with Crippen LogP contribution in [0.3, 0.4) is 0 Å². The number of para-hydroxylation sites is 3. The first-order valence-electron chi connectivity index (χ1n) is 19.9. The number of anilines is 6. The monoisotopic (exact) mass is 786 g/mol. The number of thiophene rings is 1. The fraction of sp³-hybridized carbons (Fsp3) is 0.115. The Bertz CT molecular complexity index is 3240. The lowest BCUT2D eigenvalue weighted by Crippen LogP contribution is -2.16. The molecule has 0 saturated carbocycles. The van der Waals surface area contributed by atoms with Crippen LogP contribution in [0.15, 0.2) is 165 Å². The predicted molar refractivity (Wildman–Crippen MR) is 249 cm³/mol. The Hall–Kier alpha value is -5.46. The summed E-state index contributed by atoms with van der Waals surface area (Å²) < 4.78 is 2.66. The van der Waals surface area contributed by atoms with E-state index in [-0.39, 0.29) is 0 Å². The van der Waals surface area contributed by atoms with E-state index in [4.69, 9.17) is 0 Å². The summed E-state index contributed by atoms with van der Waals surface area (Å²) in [7, 11) is 0. The van der Waals surface area contributed by atoms with Crippen molar-refractivity contribution in [1.82, 2.24) is 0 Å². The number of rotatable bonds is 4. The van der Waals surface area contributed by atoms with Gasteiger partial charge in [0.1, 0.15) is 0 Å². The number of hydrogen-bond acceptors (Lipinski definition) is 5. The van der Waals surface area contributed by atoms with Crippen molar-refractivity contribution < 1.29 is 0 Å². The summed E-state index contributed by atoms with van der Waals surface area (Å²) in [5.74, 6) is 0.665. The summed E-state index contributed by atoms with van der Waals surface area (Å²) in [6.07, 6.45) is 0. The molecule has 0 fully saturated rings. The van der Waals surface area contributed by atoms with Gasteiger partial charge in [-0.3, -0.25) is 0 Å². The van der Waals surface area contributed by atoms with Crippen LogP contribution in [0.2, 0.25) is 0 Å². The Morgan fingerprint density at radius 2 is 0.807 bits per heavy atom. The lowest BCUT2D eigenvalue weighted by Gasteiger charge is -2.36. The van der Waals surface area contributed by atoms with Gasteiger partial charge in [0.15, 0.2) is 0 Å². The summed E-state index contributed by atoms with van der Waals surface area (Å²) in [6, 6.07) is 55.2. The fourth-order valence-electron chi connectivity index (χ4n) is 9.53. The van der Waals surface area contributed by atoms with Crippen molar-refractivity contribution in [1.29, 1.82) is 0 Å². The molecule has 0 N–H and O–H groups in total.